The van der Waals surface area contributed by atoms with E-state index in [4.69, 9.17) is 10.1 Å². The van der Waals surface area contributed by atoms with Crippen LogP contribution < -0.4 is 5.14 Å². The number of nitrogens with two attached hydrogens (primary N) is 1. The normalized spacial score (nSPS) is 12.2. The highest BCUT2D eigenvalue weighted by molar-refractivity contribution is 7.98. The minimum atomic E-state index is -3.75. The van der Waals surface area contributed by atoms with E-state index in [9.17, 15) is 8.42 Å². The summed E-state index contributed by atoms with van der Waals surface area (Å²) in [5.74, 6) is 0.934. The molecule has 2 N–H and O–H groups in total. The van der Waals surface area contributed by atoms with Gasteiger partial charge in [-0.25, -0.2) is 18.5 Å². The summed E-state index contributed by atoms with van der Waals surface area (Å²) in [6.45, 7) is 4.50. The number of aromatic nitrogens is 2. The summed E-state index contributed by atoms with van der Waals surface area (Å²) in [4.78, 5) is 8.32. The Hall–Kier alpha value is -1.87. The van der Waals surface area contributed by atoms with Gasteiger partial charge in [-0.2, -0.15) is 0 Å². The molecule has 3 aromatic rings. The summed E-state index contributed by atoms with van der Waals surface area (Å²) in [6, 6.07) is 13.5. The molecule has 2 aromatic carbocycles. The van der Waals surface area contributed by atoms with E-state index in [-0.39, 0.29) is 4.90 Å². The summed E-state index contributed by atoms with van der Waals surface area (Å²) in [5, 5.41) is 5.29. The molecule has 0 amide bonds. The molecule has 6 nitrogen and oxygen atoms in total. The summed E-state index contributed by atoms with van der Waals surface area (Å²) >= 11 is 1.74. The second kappa shape index (κ2) is 9.30. The maximum atomic E-state index is 11.7. The van der Waals surface area contributed by atoms with Crippen molar-refractivity contribution in [1.82, 2.24) is 14.5 Å². The first-order chi connectivity index (χ1) is 13.8. The largest absolute Gasteiger partial charge is 0.327 e. The number of benzene rings is 2. The van der Waals surface area contributed by atoms with E-state index in [1.165, 1.54) is 10.5 Å². The Bertz CT molecular complexity index is 1080. The smallest absolute Gasteiger partial charge is 0.238 e. The summed E-state index contributed by atoms with van der Waals surface area (Å²) in [5.41, 5.74) is 2.86. The van der Waals surface area contributed by atoms with E-state index in [0.29, 0.717) is 12.1 Å². The summed E-state index contributed by atoms with van der Waals surface area (Å²) in [6.07, 6.45) is 4.19. The van der Waals surface area contributed by atoms with E-state index in [1.807, 2.05) is 6.07 Å². The zero-order valence-electron chi connectivity index (χ0n) is 17.1. The van der Waals surface area contributed by atoms with Gasteiger partial charge in [0.25, 0.3) is 0 Å². The molecule has 0 saturated carbocycles. The van der Waals surface area contributed by atoms with Gasteiger partial charge in [-0.3, -0.25) is 4.90 Å². The lowest BCUT2D eigenvalue weighted by Gasteiger charge is -2.18. The van der Waals surface area contributed by atoms with Gasteiger partial charge in [0.2, 0.25) is 10.0 Å². The summed E-state index contributed by atoms with van der Waals surface area (Å²) in [7, 11) is -1.67. The van der Waals surface area contributed by atoms with Crippen LogP contribution in [0.1, 0.15) is 31.2 Å². The lowest BCUT2D eigenvalue weighted by atomic mass is 10.2. The van der Waals surface area contributed by atoms with Gasteiger partial charge in [0.05, 0.1) is 22.5 Å². The number of sulfonamides is 1. The van der Waals surface area contributed by atoms with Crippen LogP contribution in [0.25, 0.3) is 11.0 Å². The molecular weight excluding hydrogens is 404 g/mol. The average Bonchev–Trinajstić information content (AvgIpc) is 3.02. The number of nitrogens with zero attached hydrogens (tertiary/aromatic N) is 3. The number of imidazole rings is 1. The first-order valence-corrected chi connectivity index (χ1v) is 12.4. The molecule has 0 spiro atoms. The molecule has 29 heavy (non-hydrogen) atoms. The van der Waals surface area contributed by atoms with Crippen LogP contribution in [0, 0.1) is 0 Å². The third-order valence-electron chi connectivity index (χ3n) is 4.89. The Morgan fingerprint density at radius 1 is 1.14 bits per heavy atom. The maximum Gasteiger partial charge on any atom is 0.238 e. The SMILES string of the molecule is CCCCn1c(CN(C)Cc2ccc(SC)cc2)nc2cc(S(N)(=O)=O)ccc21. The fraction of sp³-hybridized carbons (Fsp3) is 0.381. The third kappa shape index (κ3) is 5.39. The molecule has 0 bridgehead atoms. The standard InChI is InChI=1S/C21H28N4O2S2/c1-4-5-12-25-20-11-10-18(29(22,26)27)13-19(20)23-21(25)15-24(2)14-16-6-8-17(28-3)9-7-16/h6-11,13H,4-5,12,14-15H2,1-3H3,(H2,22,26,27). The Morgan fingerprint density at radius 3 is 2.48 bits per heavy atom. The van der Waals surface area contributed by atoms with Crippen LogP contribution in [0.3, 0.4) is 0 Å². The Kier molecular flexibility index (Phi) is 7.00. The van der Waals surface area contributed by atoms with Crippen molar-refractivity contribution in [3.05, 3.63) is 53.9 Å². The fourth-order valence-corrected chi connectivity index (χ4v) is 4.30. The highest BCUT2D eigenvalue weighted by atomic mass is 32.2. The lowest BCUT2D eigenvalue weighted by Crippen LogP contribution is -2.20. The number of thioether (sulfide) groups is 1. The van der Waals surface area contributed by atoms with Gasteiger partial charge in [-0.1, -0.05) is 25.5 Å². The molecule has 3 rings (SSSR count). The predicted octanol–water partition coefficient (Wildman–Crippen LogP) is 3.84. The number of hydrogen-bond acceptors (Lipinski definition) is 5. The molecule has 0 fully saturated rings. The molecule has 0 saturated heterocycles. The quantitative estimate of drug-likeness (QED) is 0.520. The molecule has 0 aliphatic carbocycles. The van der Waals surface area contributed by atoms with Gasteiger partial charge in [0.15, 0.2) is 0 Å². The molecule has 0 radical (unpaired) electrons. The second-order valence-corrected chi connectivity index (χ2v) is 9.69. The van der Waals surface area contributed by atoms with E-state index in [0.717, 1.165) is 37.3 Å². The van der Waals surface area contributed by atoms with Crippen molar-refractivity contribution in [1.29, 1.82) is 0 Å². The minimum absolute atomic E-state index is 0.0962. The third-order valence-corrected chi connectivity index (χ3v) is 6.54. The van der Waals surface area contributed by atoms with E-state index >= 15 is 0 Å². The van der Waals surface area contributed by atoms with Crippen LogP contribution in [-0.4, -0.2) is 36.2 Å². The topological polar surface area (TPSA) is 81.2 Å². The van der Waals surface area contributed by atoms with Crippen LogP contribution in [0.2, 0.25) is 0 Å². The van der Waals surface area contributed by atoms with Crippen LogP contribution in [0.4, 0.5) is 0 Å². The second-order valence-electron chi connectivity index (χ2n) is 7.25. The number of aryl methyl sites for hydroxylation is 1. The minimum Gasteiger partial charge on any atom is -0.327 e. The molecule has 0 unspecified atom stereocenters. The van der Waals surface area contributed by atoms with E-state index in [2.05, 4.69) is 54.0 Å². The first-order valence-electron chi connectivity index (χ1n) is 9.65. The van der Waals surface area contributed by atoms with Crippen molar-refractivity contribution in [2.75, 3.05) is 13.3 Å². The highest BCUT2D eigenvalue weighted by Crippen LogP contribution is 2.22. The van der Waals surface area contributed by atoms with Gasteiger partial charge in [-0.05, 0) is 55.6 Å². The van der Waals surface area contributed by atoms with Gasteiger partial charge in [0.1, 0.15) is 5.82 Å². The summed E-state index contributed by atoms with van der Waals surface area (Å²) < 4.78 is 25.6. The lowest BCUT2D eigenvalue weighted by molar-refractivity contribution is 0.305. The Morgan fingerprint density at radius 2 is 1.86 bits per heavy atom. The number of unbranched alkanes of at least 4 members (excludes halogenated alkanes) is 1. The van der Waals surface area contributed by atoms with Crippen molar-refractivity contribution in [3.63, 3.8) is 0 Å². The molecule has 0 atom stereocenters. The van der Waals surface area contributed by atoms with Crippen molar-refractivity contribution >= 4 is 32.8 Å². The van der Waals surface area contributed by atoms with Gasteiger partial charge in [0, 0.05) is 18.0 Å². The average molecular weight is 433 g/mol. The van der Waals surface area contributed by atoms with Gasteiger partial charge in [-0.15, -0.1) is 11.8 Å². The van der Waals surface area contributed by atoms with Crippen LogP contribution in [0.5, 0.6) is 0 Å². The maximum absolute atomic E-state index is 11.7. The van der Waals surface area contributed by atoms with Crippen LogP contribution >= 0.6 is 11.8 Å². The van der Waals surface area contributed by atoms with Crippen molar-refractivity contribution in [2.45, 2.75) is 49.2 Å². The molecular formula is C21H28N4O2S2. The number of rotatable bonds is 9. The van der Waals surface area contributed by atoms with Gasteiger partial charge < -0.3 is 4.57 Å². The van der Waals surface area contributed by atoms with Crippen LogP contribution in [0.15, 0.2) is 52.3 Å². The van der Waals surface area contributed by atoms with Gasteiger partial charge >= 0.3 is 0 Å². The molecule has 8 heteroatoms. The molecule has 156 valence electrons. The monoisotopic (exact) mass is 432 g/mol. The van der Waals surface area contributed by atoms with Crippen molar-refractivity contribution in [2.24, 2.45) is 5.14 Å². The number of fused-ring (bicyclic) bond motifs is 1. The Labute approximate surface area is 177 Å². The number of hydrogen-bond donors (Lipinski definition) is 1. The molecule has 1 aromatic heterocycles. The highest BCUT2D eigenvalue weighted by Gasteiger charge is 2.16. The zero-order valence-corrected chi connectivity index (χ0v) is 18.8. The van der Waals surface area contributed by atoms with Crippen molar-refractivity contribution in [3.8, 4) is 0 Å². The zero-order chi connectivity index (χ0) is 21.0. The van der Waals surface area contributed by atoms with Crippen molar-refractivity contribution < 1.29 is 8.42 Å². The molecule has 0 aliphatic rings. The first kappa shape index (κ1) is 21.8. The van der Waals surface area contributed by atoms with E-state index in [1.54, 1.807) is 23.9 Å². The van der Waals surface area contributed by atoms with E-state index < -0.39 is 10.0 Å². The molecule has 1 heterocycles. The number of primary sulfonamides is 1. The molecule has 0 aliphatic heterocycles. The predicted molar refractivity (Wildman–Crippen MR) is 119 cm³/mol. The van der Waals surface area contributed by atoms with Crippen LogP contribution in [-0.2, 0) is 29.7 Å². The fourth-order valence-electron chi connectivity index (χ4n) is 3.36. The Balaban J connectivity index is 1.87.